The Labute approximate surface area is 151 Å². The molecule has 0 aliphatic carbocycles. The van der Waals surface area contributed by atoms with E-state index in [-0.39, 0.29) is 57.7 Å². The Kier molecular flexibility index (Phi) is 13.1. The lowest BCUT2D eigenvalue weighted by Crippen LogP contribution is -2.11. The van der Waals surface area contributed by atoms with E-state index >= 15 is 0 Å². The summed E-state index contributed by atoms with van der Waals surface area (Å²) in [5.74, 6) is 0. The van der Waals surface area contributed by atoms with Crippen LogP contribution in [0.4, 0.5) is 0 Å². The van der Waals surface area contributed by atoms with Crippen LogP contribution in [0.15, 0.2) is 0 Å². The first-order valence-electron chi connectivity index (χ1n) is 8.70. The van der Waals surface area contributed by atoms with Crippen molar-refractivity contribution in [2.45, 2.75) is 34.6 Å². The Morgan fingerprint density at radius 1 is 0.480 bits per heavy atom. The van der Waals surface area contributed by atoms with E-state index in [2.05, 4.69) is 0 Å². The molecule has 25 heavy (non-hydrogen) atoms. The van der Waals surface area contributed by atoms with Crippen LogP contribution in [0.1, 0.15) is 34.6 Å². The Bertz CT molecular complexity index is 438. The van der Waals surface area contributed by atoms with E-state index in [1.54, 1.807) is 34.6 Å². The summed E-state index contributed by atoms with van der Waals surface area (Å²) in [6.45, 7) is 9.77. The van der Waals surface area contributed by atoms with Crippen LogP contribution in [0.2, 0.25) is 0 Å². The highest BCUT2D eigenvalue weighted by molar-refractivity contribution is 7.62. The zero-order chi connectivity index (χ0) is 19.4. The van der Waals surface area contributed by atoms with Crippen molar-refractivity contribution in [3.63, 3.8) is 0 Å². The molecule has 11 heteroatoms. The van der Waals surface area contributed by atoms with Gasteiger partial charge in [0.25, 0.3) is 0 Å². The summed E-state index contributed by atoms with van der Waals surface area (Å²) in [7, 11) is -9.80. The first-order valence-corrected chi connectivity index (χ1v) is 14.2. The van der Waals surface area contributed by atoms with Gasteiger partial charge in [-0.15, -0.1) is 0 Å². The molecule has 8 nitrogen and oxygen atoms in total. The standard InChI is InChI=1S/C14H33O8P3/c1-6-18-23(15,11-13-24(16,19-7-2)20-8-3)12-14-25(17,21-9-4)22-10-5/h6-14H2,1-5H3. The third kappa shape index (κ3) is 10.4. The second-order valence-corrected chi connectivity index (χ2v) is 12.2. The molecule has 0 aromatic carbocycles. The van der Waals surface area contributed by atoms with Gasteiger partial charge in [0.1, 0.15) is 0 Å². The third-order valence-corrected chi connectivity index (χ3v) is 10.5. The molecule has 0 heterocycles. The molecule has 0 N–H and O–H groups in total. The smallest absolute Gasteiger partial charge is 0.329 e. The first-order chi connectivity index (χ1) is 11.7. The van der Waals surface area contributed by atoms with Gasteiger partial charge >= 0.3 is 15.2 Å². The van der Waals surface area contributed by atoms with Crippen molar-refractivity contribution in [1.29, 1.82) is 0 Å². The Hall–Kier alpha value is 0.490. The zero-order valence-electron chi connectivity index (χ0n) is 16.0. The molecular formula is C14H33O8P3. The fourth-order valence-electron chi connectivity index (χ4n) is 2.15. The lowest BCUT2D eigenvalue weighted by atomic mass is 10.9. The molecule has 0 aromatic heterocycles. The normalized spacial score (nSPS) is 13.3. The maximum absolute atomic E-state index is 13.0. The van der Waals surface area contributed by atoms with E-state index in [1.165, 1.54) is 0 Å². The van der Waals surface area contributed by atoms with Crippen molar-refractivity contribution >= 4 is 22.6 Å². The van der Waals surface area contributed by atoms with Gasteiger partial charge in [0, 0.05) is 12.3 Å². The Balaban J connectivity index is 5.01. The topological polar surface area (TPSA) is 97.4 Å². The molecule has 0 atom stereocenters. The molecule has 0 saturated carbocycles. The van der Waals surface area contributed by atoms with Gasteiger partial charge in [-0.1, -0.05) is 0 Å². The van der Waals surface area contributed by atoms with Crippen molar-refractivity contribution in [2.24, 2.45) is 0 Å². The summed E-state index contributed by atoms with van der Waals surface area (Å²) in [4.78, 5) is 0. The molecule has 0 spiro atoms. The molecule has 0 saturated heterocycles. The second kappa shape index (κ2) is 12.8. The molecule has 0 amide bonds. The van der Waals surface area contributed by atoms with Gasteiger partial charge in [-0.3, -0.25) is 13.7 Å². The highest BCUT2D eigenvalue weighted by Gasteiger charge is 2.34. The third-order valence-electron chi connectivity index (χ3n) is 3.10. The number of hydrogen-bond donors (Lipinski definition) is 0. The average molecular weight is 422 g/mol. The summed E-state index contributed by atoms with van der Waals surface area (Å²) in [6.07, 6.45) is 0.0196. The molecule has 0 rings (SSSR count). The summed E-state index contributed by atoms with van der Waals surface area (Å²) in [5, 5.41) is 0. The van der Waals surface area contributed by atoms with E-state index in [0.717, 1.165) is 0 Å². The summed E-state index contributed by atoms with van der Waals surface area (Å²) < 4.78 is 64.4. The lowest BCUT2D eigenvalue weighted by Gasteiger charge is -2.23. The van der Waals surface area contributed by atoms with Crippen LogP contribution in [0.25, 0.3) is 0 Å². The molecule has 0 bridgehead atoms. The van der Waals surface area contributed by atoms with Crippen LogP contribution < -0.4 is 0 Å². The lowest BCUT2D eigenvalue weighted by molar-refractivity contribution is 0.221. The predicted octanol–water partition coefficient (Wildman–Crippen LogP) is 4.83. The summed E-state index contributed by atoms with van der Waals surface area (Å²) in [5.41, 5.74) is 0. The molecule has 0 fully saturated rings. The molecule has 0 aliphatic rings. The van der Waals surface area contributed by atoms with Crippen LogP contribution in [0.3, 0.4) is 0 Å². The fraction of sp³-hybridized carbons (Fsp3) is 1.00. The monoisotopic (exact) mass is 422 g/mol. The highest BCUT2D eigenvalue weighted by atomic mass is 31.2. The second-order valence-electron chi connectivity index (χ2n) is 5.02. The average Bonchev–Trinajstić information content (AvgIpc) is 2.53. The van der Waals surface area contributed by atoms with Gasteiger partial charge in [0.05, 0.1) is 45.4 Å². The van der Waals surface area contributed by atoms with Gasteiger partial charge < -0.3 is 22.6 Å². The molecule has 152 valence electrons. The molecule has 0 unspecified atom stereocenters. The SMILES string of the molecule is CCOP(=O)(CCP(=O)(OCC)OCC)CCP(=O)(OCC)OCC. The van der Waals surface area contributed by atoms with Gasteiger partial charge in [0.15, 0.2) is 0 Å². The van der Waals surface area contributed by atoms with E-state index in [1.807, 2.05) is 0 Å². The van der Waals surface area contributed by atoms with E-state index in [9.17, 15) is 13.7 Å². The van der Waals surface area contributed by atoms with Crippen molar-refractivity contribution in [3.8, 4) is 0 Å². The maximum Gasteiger partial charge on any atom is 0.331 e. The molecular weight excluding hydrogens is 389 g/mol. The predicted molar refractivity (Wildman–Crippen MR) is 100 cm³/mol. The first kappa shape index (κ1) is 25.5. The van der Waals surface area contributed by atoms with Gasteiger partial charge in [0.2, 0.25) is 7.37 Å². The van der Waals surface area contributed by atoms with Gasteiger partial charge in [-0.2, -0.15) is 0 Å². The van der Waals surface area contributed by atoms with Crippen molar-refractivity contribution in [3.05, 3.63) is 0 Å². The van der Waals surface area contributed by atoms with E-state index < -0.39 is 22.6 Å². The zero-order valence-corrected chi connectivity index (χ0v) is 18.7. The fourth-order valence-corrected chi connectivity index (χ4v) is 9.73. The van der Waals surface area contributed by atoms with E-state index in [0.29, 0.717) is 0 Å². The van der Waals surface area contributed by atoms with Crippen LogP contribution in [0.5, 0.6) is 0 Å². The minimum Gasteiger partial charge on any atom is -0.329 e. The minimum atomic E-state index is -3.31. The highest BCUT2D eigenvalue weighted by Crippen LogP contribution is 2.58. The summed E-state index contributed by atoms with van der Waals surface area (Å²) >= 11 is 0. The van der Waals surface area contributed by atoms with Crippen LogP contribution in [-0.2, 0) is 36.3 Å². The van der Waals surface area contributed by atoms with E-state index in [4.69, 9.17) is 22.6 Å². The largest absolute Gasteiger partial charge is 0.331 e. The Morgan fingerprint density at radius 3 is 1.00 bits per heavy atom. The Morgan fingerprint density at radius 2 is 0.760 bits per heavy atom. The van der Waals surface area contributed by atoms with Crippen LogP contribution in [0, 0.1) is 0 Å². The quantitative estimate of drug-likeness (QED) is 0.326. The van der Waals surface area contributed by atoms with Crippen LogP contribution >= 0.6 is 22.6 Å². The maximum atomic E-state index is 13.0. The number of rotatable bonds is 16. The molecule has 0 aromatic rings. The number of hydrogen-bond acceptors (Lipinski definition) is 8. The minimum absolute atomic E-state index is 0.0144. The van der Waals surface area contributed by atoms with Crippen molar-refractivity contribution < 1.29 is 36.3 Å². The molecule has 0 aliphatic heterocycles. The summed E-state index contributed by atoms with van der Waals surface area (Å²) in [6, 6.07) is 0. The van der Waals surface area contributed by atoms with Gasteiger partial charge in [-0.25, -0.2) is 0 Å². The van der Waals surface area contributed by atoms with Gasteiger partial charge in [-0.05, 0) is 34.6 Å². The molecule has 0 radical (unpaired) electrons. The van der Waals surface area contributed by atoms with Crippen molar-refractivity contribution in [2.75, 3.05) is 57.7 Å². The van der Waals surface area contributed by atoms with Crippen LogP contribution in [-0.4, -0.2) is 57.7 Å². The van der Waals surface area contributed by atoms with Crippen molar-refractivity contribution in [1.82, 2.24) is 0 Å².